The molecule has 1 aliphatic rings. The summed E-state index contributed by atoms with van der Waals surface area (Å²) in [5, 5.41) is 0. The fraction of sp³-hybridized carbons (Fsp3) is 0.882. The first kappa shape index (κ1) is 18.0. The van der Waals surface area contributed by atoms with Crippen molar-refractivity contribution in [2.75, 3.05) is 13.6 Å². The summed E-state index contributed by atoms with van der Waals surface area (Å²) < 4.78 is 5.27. The van der Waals surface area contributed by atoms with Crippen LogP contribution in [0.5, 0.6) is 0 Å². The molecule has 0 spiro atoms. The van der Waals surface area contributed by atoms with Gasteiger partial charge in [-0.15, -0.1) is 0 Å². The second-order valence-electron chi connectivity index (χ2n) is 7.66. The highest BCUT2D eigenvalue weighted by Crippen LogP contribution is 2.33. The highest BCUT2D eigenvalue weighted by atomic mass is 16.6. The van der Waals surface area contributed by atoms with Crippen LogP contribution in [0.3, 0.4) is 0 Å². The first-order chi connectivity index (χ1) is 9.60. The number of Topliss-reactive ketones (excluding diaryl/α,β-unsaturated/α-hetero) is 1. The minimum Gasteiger partial charge on any atom is -0.444 e. The Bertz CT molecular complexity index is 363. The number of amides is 1. The molecule has 4 nitrogen and oxygen atoms in total. The molecule has 0 aromatic heterocycles. The van der Waals surface area contributed by atoms with E-state index in [-0.39, 0.29) is 18.2 Å². The third-order valence-corrected chi connectivity index (χ3v) is 4.27. The van der Waals surface area contributed by atoms with Gasteiger partial charge in [-0.1, -0.05) is 13.8 Å². The predicted molar refractivity (Wildman–Crippen MR) is 84.2 cm³/mol. The minimum atomic E-state index is -0.524. The monoisotopic (exact) mass is 297 g/mol. The van der Waals surface area contributed by atoms with Gasteiger partial charge in [0.15, 0.2) is 5.78 Å². The quantitative estimate of drug-likeness (QED) is 0.791. The van der Waals surface area contributed by atoms with Crippen molar-refractivity contribution in [1.29, 1.82) is 0 Å². The van der Waals surface area contributed by atoms with Crippen LogP contribution < -0.4 is 0 Å². The number of rotatable bonds is 4. The molecule has 0 aromatic rings. The molecule has 0 aliphatic heterocycles. The second kappa shape index (κ2) is 7.28. The van der Waals surface area contributed by atoms with E-state index in [1.165, 1.54) is 4.90 Å². The van der Waals surface area contributed by atoms with Gasteiger partial charge in [-0.2, -0.15) is 0 Å². The molecular formula is C17H31NO3. The van der Waals surface area contributed by atoms with Crippen molar-refractivity contribution in [3.8, 4) is 0 Å². The third kappa shape index (κ3) is 6.06. The van der Waals surface area contributed by atoms with Crippen LogP contribution in [0.2, 0.25) is 0 Å². The van der Waals surface area contributed by atoms with Gasteiger partial charge in [-0.3, -0.25) is 4.79 Å². The normalized spacial score (nSPS) is 23.0. The Kier molecular flexibility index (Phi) is 6.24. The van der Waals surface area contributed by atoms with Crippen LogP contribution in [0.1, 0.15) is 60.3 Å². The van der Waals surface area contributed by atoms with Crippen molar-refractivity contribution in [2.24, 2.45) is 17.8 Å². The van der Waals surface area contributed by atoms with E-state index in [2.05, 4.69) is 13.8 Å². The van der Waals surface area contributed by atoms with Crippen molar-refractivity contribution in [3.63, 3.8) is 0 Å². The van der Waals surface area contributed by atoms with E-state index >= 15 is 0 Å². The summed E-state index contributed by atoms with van der Waals surface area (Å²) in [7, 11) is 1.63. The van der Waals surface area contributed by atoms with E-state index in [0.717, 1.165) is 31.6 Å². The summed E-state index contributed by atoms with van der Waals surface area (Å²) in [6.45, 7) is 10.1. The summed E-state index contributed by atoms with van der Waals surface area (Å²) in [6.07, 6.45) is 3.76. The molecular weight excluding hydrogens is 266 g/mol. The van der Waals surface area contributed by atoms with Crippen molar-refractivity contribution in [3.05, 3.63) is 0 Å². The van der Waals surface area contributed by atoms with Crippen molar-refractivity contribution < 1.29 is 14.3 Å². The van der Waals surface area contributed by atoms with Crippen LogP contribution in [0, 0.1) is 17.8 Å². The molecule has 0 saturated heterocycles. The first-order valence-corrected chi connectivity index (χ1v) is 8.07. The molecule has 1 fully saturated rings. The number of carbonyl (C=O) groups excluding carboxylic acids is 2. The molecule has 0 N–H and O–H groups in total. The maximum absolute atomic E-state index is 12.3. The van der Waals surface area contributed by atoms with Gasteiger partial charge in [0, 0.05) is 13.0 Å². The zero-order valence-corrected chi connectivity index (χ0v) is 14.4. The number of hydrogen-bond acceptors (Lipinski definition) is 3. The Hall–Kier alpha value is -1.06. The van der Waals surface area contributed by atoms with Crippen LogP contribution >= 0.6 is 0 Å². The summed E-state index contributed by atoms with van der Waals surface area (Å²) in [6, 6.07) is 0. The lowest BCUT2D eigenvalue weighted by Crippen LogP contribution is -2.39. The predicted octanol–water partition coefficient (Wildman–Crippen LogP) is 3.88. The average Bonchev–Trinajstić information content (AvgIpc) is 2.36. The Morgan fingerprint density at radius 3 is 2.10 bits per heavy atom. The molecule has 1 saturated carbocycles. The number of nitrogens with zero attached hydrogens (tertiary/aromatic N) is 1. The number of hydrogen-bond donors (Lipinski definition) is 0. The number of ketones is 1. The molecule has 21 heavy (non-hydrogen) atoms. The zero-order chi connectivity index (χ0) is 16.2. The van der Waals surface area contributed by atoms with E-state index in [1.807, 2.05) is 20.8 Å². The summed E-state index contributed by atoms with van der Waals surface area (Å²) in [5.41, 5.74) is -0.524. The molecule has 0 heterocycles. The van der Waals surface area contributed by atoms with Crippen LogP contribution in [0.15, 0.2) is 0 Å². The average molecular weight is 297 g/mol. The lowest BCUT2D eigenvalue weighted by Gasteiger charge is -2.31. The standard InChI is InChI=1S/C17H31NO3/c1-12(2)13-7-9-14(10-8-13)15(19)11-18(6)16(20)21-17(3,4)5/h12-14H,7-11H2,1-6H3. The summed E-state index contributed by atoms with van der Waals surface area (Å²) in [5.74, 6) is 1.73. The van der Waals surface area contributed by atoms with Gasteiger partial charge in [-0.25, -0.2) is 4.79 Å². The Morgan fingerprint density at radius 2 is 1.67 bits per heavy atom. The lowest BCUT2D eigenvalue weighted by atomic mass is 9.75. The van der Waals surface area contributed by atoms with Gasteiger partial charge >= 0.3 is 6.09 Å². The van der Waals surface area contributed by atoms with Gasteiger partial charge in [0.05, 0.1) is 6.54 Å². The summed E-state index contributed by atoms with van der Waals surface area (Å²) in [4.78, 5) is 25.6. The largest absolute Gasteiger partial charge is 0.444 e. The molecule has 4 heteroatoms. The molecule has 122 valence electrons. The maximum atomic E-state index is 12.3. The SMILES string of the molecule is CC(C)C1CCC(C(=O)CN(C)C(=O)OC(C)(C)C)CC1. The van der Waals surface area contributed by atoms with E-state index < -0.39 is 11.7 Å². The lowest BCUT2D eigenvalue weighted by molar-refractivity contribution is -0.125. The van der Waals surface area contributed by atoms with E-state index in [9.17, 15) is 9.59 Å². The molecule has 0 aromatic carbocycles. The Morgan fingerprint density at radius 1 is 1.14 bits per heavy atom. The van der Waals surface area contributed by atoms with Gasteiger partial charge in [0.1, 0.15) is 5.60 Å². The van der Waals surface area contributed by atoms with E-state index in [1.54, 1.807) is 7.05 Å². The fourth-order valence-corrected chi connectivity index (χ4v) is 2.88. The molecule has 0 atom stereocenters. The van der Waals surface area contributed by atoms with Crippen LogP contribution in [0.4, 0.5) is 4.79 Å². The molecule has 1 amide bonds. The van der Waals surface area contributed by atoms with E-state index in [4.69, 9.17) is 4.74 Å². The molecule has 0 unspecified atom stereocenters. The van der Waals surface area contributed by atoms with Crippen LogP contribution in [0.25, 0.3) is 0 Å². The topological polar surface area (TPSA) is 46.6 Å². The Labute approximate surface area is 129 Å². The van der Waals surface area contributed by atoms with Gasteiger partial charge in [0.2, 0.25) is 0 Å². The highest BCUT2D eigenvalue weighted by Gasteiger charge is 2.29. The molecule has 0 bridgehead atoms. The van der Waals surface area contributed by atoms with E-state index in [0.29, 0.717) is 5.92 Å². The second-order valence-corrected chi connectivity index (χ2v) is 7.66. The molecule has 0 radical (unpaired) electrons. The highest BCUT2D eigenvalue weighted by molar-refractivity contribution is 5.86. The van der Waals surface area contributed by atoms with Gasteiger partial charge in [-0.05, 0) is 58.3 Å². The van der Waals surface area contributed by atoms with Gasteiger partial charge < -0.3 is 9.64 Å². The van der Waals surface area contributed by atoms with Crippen molar-refractivity contribution in [2.45, 2.75) is 65.9 Å². The smallest absolute Gasteiger partial charge is 0.410 e. The molecule has 1 rings (SSSR count). The number of likely N-dealkylation sites (N-methyl/N-ethyl adjacent to an activating group) is 1. The fourth-order valence-electron chi connectivity index (χ4n) is 2.88. The number of carbonyl (C=O) groups is 2. The third-order valence-electron chi connectivity index (χ3n) is 4.27. The van der Waals surface area contributed by atoms with Crippen molar-refractivity contribution in [1.82, 2.24) is 4.90 Å². The first-order valence-electron chi connectivity index (χ1n) is 8.07. The maximum Gasteiger partial charge on any atom is 0.410 e. The minimum absolute atomic E-state index is 0.116. The van der Waals surface area contributed by atoms with Gasteiger partial charge in [0.25, 0.3) is 0 Å². The van der Waals surface area contributed by atoms with Crippen LogP contribution in [-0.2, 0) is 9.53 Å². The van der Waals surface area contributed by atoms with Crippen LogP contribution in [-0.4, -0.2) is 36.0 Å². The number of ether oxygens (including phenoxy) is 1. The zero-order valence-electron chi connectivity index (χ0n) is 14.4. The Balaban J connectivity index is 2.42. The molecule has 1 aliphatic carbocycles. The summed E-state index contributed by atoms with van der Waals surface area (Å²) >= 11 is 0. The van der Waals surface area contributed by atoms with Crippen molar-refractivity contribution >= 4 is 11.9 Å².